The zero-order chi connectivity index (χ0) is 19.7. The zero-order valence-electron chi connectivity index (χ0n) is 16.0. The molecule has 0 saturated carbocycles. The van der Waals surface area contributed by atoms with E-state index in [1.54, 1.807) is 11.3 Å². The Morgan fingerprint density at radius 2 is 1.79 bits per heavy atom. The highest BCUT2D eigenvalue weighted by atomic mass is 32.2. The largest absolute Gasteiger partial charge is 0.293 e. The number of carbonyl (C=O) groups excluding carboxylic acids is 1. The van der Waals surface area contributed by atoms with Crippen LogP contribution in [0.3, 0.4) is 0 Å². The van der Waals surface area contributed by atoms with Gasteiger partial charge in [0, 0.05) is 16.5 Å². The normalized spacial score (nSPS) is 11.1. The summed E-state index contributed by atoms with van der Waals surface area (Å²) in [5, 5.41) is 4.04. The quantitative estimate of drug-likeness (QED) is 0.224. The summed E-state index contributed by atoms with van der Waals surface area (Å²) in [6, 6.07) is 16.1. The highest BCUT2D eigenvalue weighted by molar-refractivity contribution is 8.00. The molecule has 0 aliphatic heterocycles. The number of aryl methyl sites for hydroxylation is 3. The van der Waals surface area contributed by atoms with Gasteiger partial charge >= 0.3 is 0 Å². The number of thiophene rings is 1. The average molecular weight is 405 g/mol. The summed E-state index contributed by atoms with van der Waals surface area (Å²) in [6.07, 6.45) is 0. The summed E-state index contributed by atoms with van der Waals surface area (Å²) in [5.41, 5.74) is 5.36. The maximum Gasteiger partial charge on any atom is 0.173 e. The molecule has 0 fully saturated rings. The average Bonchev–Trinajstić information content (AvgIpc) is 3.12. The molecule has 2 aromatic carbocycles. The van der Waals surface area contributed by atoms with E-state index < -0.39 is 0 Å². The summed E-state index contributed by atoms with van der Waals surface area (Å²) in [4.78, 5) is 23.0. The second-order valence-corrected chi connectivity index (χ2v) is 8.60. The SMILES string of the molecule is Cc1nc(SCC(=O)c2ccc(C)c(C)c2)c2c(-c3ccccc3)csc2n1. The minimum Gasteiger partial charge on any atom is -0.293 e. The highest BCUT2D eigenvalue weighted by Gasteiger charge is 2.16. The summed E-state index contributed by atoms with van der Waals surface area (Å²) in [5.74, 6) is 1.21. The van der Waals surface area contributed by atoms with E-state index in [0.29, 0.717) is 5.75 Å². The second-order valence-electron chi connectivity index (χ2n) is 6.78. The van der Waals surface area contributed by atoms with Crippen molar-refractivity contribution in [2.24, 2.45) is 0 Å². The van der Waals surface area contributed by atoms with Crippen LogP contribution in [0.25, 0.3) is 21.3 Å². The highest BCUT2D eigenvalue weighted by Crippen LogP contribution is 2.38. The van der Waals surface area contributed by atoms with Crippen molar-refractivity contribution >= 4 is 39.1 Å². The molecule has 0 radical (unpaired) electrons. The van der Waals surface area contributed by atoms with Crippen LogP contribution in [0.15, 0.2) is 58.9 Å². The van der Waals surface area contributed by atoms with Gasteiger partial charge in [-0.05, 0) is 43.5 Å². The van der Waals surface area contributed by atoms with Crippen LogP contribution in [0, 0.1) is 20.8 Å². The molecule has 0 atom stereocenters. The monoisotopic (exact) mass is 404 g/mol. The lowest BCUT2D eigenvalue weighted by Gasteiger charge is -2.07. The van der Waals surface area contributed by atoms with Crippen LogP contribution in [0.4, 0.5) is 0 Å². The number of hydrogen-bond donors (Lipinski definition) is 0. The Balaban J connectivity index is 1.67. The number of ketones is 1. The van der Waals surface area contributed by atoms with Crippen molar-refractivity contribution in [1.29, 1.82) is 0 Å². The van der Waals surface area contributed by atoms with Crippen LogP contribution < -0.4 is 0 Å². The molecule has 0 bridgehead atoms. The van der Waals surface area contributed by atoms with Crippen LogP contribution in [0.5, 0.6) is 0 Å². The maximum atomic E-state index is 12.7. The number of aromatic nitrogens is 2. The molecule has 5 heteroatoms. The topological polar surface area (TPSA) is 42.9 Å². The molecular weight excluding hydrogens is 384 g/mol. The molecule has 0 saturated heterocycles. The summed E-state index contributed by atoms with van der Waals surface area (Å²) in [7, 11) is 0. The van der Waals surface area contributed by atoms with Gasteiger partial charge in [0.15, 0.2) is 5.78 Å². The summed E-state index contributed by atoms with van der Waals surface area (Å²) < 4.78 is 0. The lowest BCUT2D eigenvalue weighted by atomic mass is 10.0. The van der Waals surface area contributed by atoms with E-state index in [1.807, 2.05) is 50.2 Å². The first-order valence-corrected chi connectivity index (χ1v) is 10.9. The van der Waals surface area contributed by atoms with Crippen molar-refractivity contribution in [3.05, 3.63) is 76.4 Å². The smallest absolute Gasteiger partial charge is 0.173 e. The third kappa shape index (κ3) is 3.73. The van der Waals surface area contributed by atoms with E-state index in [0.717, 1.165) is 43.3 Å². The van der Waals surface area contributed by atoms with Gasteiger partial charge in [-0.3, -0.25) is 4.79 Å². The molecular formula is C23H20N2OS2. The number of benzene rings is 2. The van der Waals surface area contributed by atoms with Crippen molar-refractivity contribution in [3.63, 3.8) is 0 Å². The Kier molecular flexibility index (Phi) is 5.29. The predicted molar refractivity (Wildman–Crippen MR) is 119 cm³/mol. The number of thioether (sulfide) groups is 1. The molecule has 0 N–H and O–H groups in total. The summed E-state index contributed by atoms with van der Waals surface area (Å²) >= 11 is 3.12. The van der Waals surface area contributed by atoms with Gasteiger partial charge in [-0.2, -0.15) is 0 Å². The van der Waals surface area contributed by atoms with E-state index in [2.05, 4.69) is 34.4 Å². The Morgan fingerprint density at radius 1 is 1.00 bits per heavy atom. The van der Waals surface area contributed by atoms with Crippen molar-refractivity contribution in [1.82, 2.24) is 9.97 Å². The van der Waals surface area contributed by atoms with Gasteiger partial charge < -0.3 is 0 Å². The first-order valence-electron chi connectivity index (χ1n) is 9.07. The minimum absolute atomic E-state index is 0.119. The fraction of sp³-hybridized carbons (Fsp3) is 0.174. The van der Waals surface area contributed by atoms with Crippen molar-refractivity contribution in [3.8, 4) is 11.1 Å². The molecule has 0 spiro atoms. The Bertz CT molecular complexity index is 1170. The molecule has 0 amide bonds. The first kappa shape index (κ1) is 18.8. The molecule has 28 heavy (non-hydrogen) atoms. The number of nitrogens with zero attached hydrogens (tertiary/aromatic N) is 2. The molecule has 0 aliphatic carbocycles. The Hall–Kier alpha value is -2.50. The fourth-order valence-corrected chi connectivity index (χ4v) is 5.12. The van der Waals surface area contributed by atoms with Gasteiger partial charge in [-0.1, -0.05) is 54.2 Å². The molecule has 0 unspecified atom stereocenters. The number of Topliss-reactive ketones (excluding diaryl/α,β-unsaturated/α-hetero) is 1. The van der Waals surface area contributed by atoms with Crippen LogP contribution in [-0.4, -0.2) is 21.5 Å². The van der Waals surface area contributed by atoms with E-state index in [9.17, 15) is 4.79 Å². The standard InChI is InChI=1S/C23H20N2OS2/c1-14-9-10-18(11-15(14)2)20(26)13-28-23-21-19(17-7-5-4-6-8-17)12-27-22(21)24-16(3)25-23/h4-12H,13H2,1-3H3. The van der Waals surface area contributed by atoms with Crippen LogP contribution in [0.1, 0.15) is 27.3 Å². The van der Waals surface area contributed by atoms with Crippen LogP contribution in [-0.2, 0) is 0 Å². The van der Waals surface area contributed by atoms with Crippen molar-refractivity contribution in [2.45, 2.75) is 25.8 Å². The fourth-order valence-electron chi connectivity index (χ4n) is 3.08. The maximum absolute atomic E-state index is 12.7. The second kappa shape index (κ2) is 7.86. The van der Waals surface area contributed by atoms with Crippen molar-refractivity contribution in [2.75, 3.05) is 5.75 Å². The molecule has 140 valence electrons. The first-order chi connectivity index (χ1) is 13.5. The van der Waals surface area contributed by atoms with E-state index in [-0.39, 0.29) is 5.78 Å². The number of fused-ring (bicyclic) bond motifs is 1. The Morgan fingerprint density at radius 3 is 2.54 bits per heavy atom. The molecule has 4 aromatic rings. The third-order valence-electron chi connectivity index (χ3n) is 4.77. The van der Waals surface area contributed by atoms with Gasteiger partial charge in [-0.15, -0.1) is 11.3 Å². The lowest BCUT2D eigenvalue weighted by Crippen LogP contribution is -2.04. The predicted octanol–water partition coefficient (Wildman–Crippen LogP) is 6.26. The lowest BCUT2D eigenvalue weighted by molar-refractivity contribution is 0.102. The van der Waals surface area contributed by atoms with Gasteiger partial charge in [0.25, 0.3) is 0 Å². The van der Waals surface area contributed by atoms with Gasteiger partial charge in [0.1, 0.15) is 15.7 Å². The molecule has 2 heterocycles. The summed E-state index contributed by atoms with van der Waals surface area (Å²) in [6.45, 7) is 5.99. The zero-order valence-corrected chi connectivity index (χ0v) is 17.7. The Labute approximate surface area is 172 Å². The minimum atomic E-state index is 0.119. The third-order valence-corrected chi connectivity index (χ3v) is 6.61. The number of carbonyl (C=O) groups is 1. The van der Waals surface area contributed by atoms with E-state index in [4.69, 9.17) is 0 Å². The van der Waals surface area contributed by atoms with E-state index in [1.165, 1.54) is 17.3 Å². The van der Waals surface area contributed by atoms with Gasteiger partial charge in [0.2, 0.25) is 0 Å². The molecule has 3 nitrogen and oxygen atoms in total. The van der Waals surface area contributed by atoms with Gasteiger partial charge in [-0.25, -0.2) is 9.97 Å². The molecule has 4 rings (SSSR count). The molecule has 0 aliphatic rings. The van der Waals surface area contributed by atoms with Crippen molar-refractivity contribution < 1.29 is 4.79 Å². The van der Waals surface area contributed by atoms with Gasteiger partial charge in [0.05, 0.1) is 11.1 Å². The van der Waals surface area contributed by atoms with E-state index >= 15 is 0 Å². The van der Waals surface area contributed by atoms with Crippen LogP contribution >= 0.6 is 23.1 Å². The molecule has 2 aromatic heterocycles. The van der Waals surface area contributed by atoms with Crippen LogP contribution in [0.2, 0.25) is 0 Å². The number of hydrogen-bond acceptors (Lipinski definition) is 5. The number of rotatable bonds is 5.